The molecule has 2 amide bonds. The highest BCUT2D eigenvalue weighted by atomic mass is 16.2. The van der Waals surface area contributed by atoms with E-state index in [0.717, 1.165) is 12.8 Å². The quantitative estimate of drug-likeness (QED) is 0.788. The summed E-state index contributed by atoms with van der Waals surface area (Å²) in [6.45, 7) is 6.10. The van der Waals surface area contributed by atoms with Crippen molar-refractivity contribution in [1.29, 1.82) is 0 Å². The third kappa shape index (κ3) is 2.82. The van der Waals surface area contributed by atoms with Crippen LogP contribution in [0.25, 0.3) is 0 Å². The predicted octanol–water partition coefficient (Wildman–Crippen LogP) is 1.86. The maximum atomic E-state index is 12.6. The van der Waals surface area contributed by atoms with Gasteiger partial charge in [0.1, 0.15) is 12.1 Å². The molecule has 0 aromatic carbocycles. The average Bonchev–Trinajstić information content (AvgIpc) is 2.44. The predicted molar refractivity (Wildman–Crippen MR) is 74.5 cm³/mol. The Labute approximate surface area is 115 Å². The molecule has 2 rings (SSSR count). The lowest BCUT2D eigenvalue weighted by atomic mass is 9.82. The lowest BCUT2D eigenvalue weighted by molar-refractivity contribution is -0.150. The molecule has 2 unspecified atom stereocenters. The first-order valence-electron chi connectivity index (χ1n) is 7.40. The molecule has 0 aromatic rings. The molecule has 0 aromatic heterocycles. The van der Waals surface area contributed by atoms with Gasteiger partial charge in [0.2, 0.25) is 11.8 Å². The van der Waals surface area contributed by atoms with E-state index in [9.17, 15) is 9.59 Å². The van der Waals surface area contributed by atoms with Crippen molar-refractivity contribution in [2.24, 2.45) is 5.92 Å². The van der Waals surface area contributed by atoms with Crippen LogP contribution in [0.2, 0.25) is 0 Å². The number of amides is 2. The van der Waals surface area contributed by atoms with Gasteiger partial charge < -0.3 is 10.2 Å². The standard InChI is InChI=1S/C15H24N2O2/c1-3-10-17-12(4-2)14(18)16-13(15(17)19)11-8-6-5-7-9-11/h3,11-13H,1,4-10H2,2H3,(H,16,18). The van der Waals surface area contributed by atoms with E-state index >= 15 is 0 Å². The fourth-order valence-electron chi connectivity index (χ4n) is 3.33. The number of carbonyl (C=O) groups is 2. The minimum atomic E-state index is -0.328. The Hall–Kier alpha value is -1.32. The molecular weight excluding hydrogens is 240 g/mol. The van der Waals surface area contributed by atoms with Gasteiger partial charge in [0.25, 0.3) is 0 Å². The molecule has 1 heterocycles. The molecule has 4 heteroatoms. The zero-order valence-corrected chi connectivity index (χ0v) is 11.7. The number of carbonyl (C=O) groups excluding carboxylic acids is 2. The van der Waals surface area contributed by atoms with Crippen LogP contribution in [0.5, 0.6) is 0 Å². The van der Waals surface area contributed by atoms with Gasteiger partial charge in [-0.3, -0.25) is 9.59 Å². The molecule has 0 spiro atoms. The summed E-state index contributed by atoms with van der Waals surface area (Å²) in [4.78, 5) is 26.5. The highest BCUT2D eigenvalue weighted by molar-refractivity contribution is 5.97. The molecular formula is C15H24N2O2. The zero-order chi connectivity index (χ0) is 13.8. The minimum absolute atomic E-state index is 0.000441. The molecule has 4 nitrogen and oxygen atoms in total. The summed E-state index contributed by atoms with van der Waals surface area (Å²) in [6.07, 6.45) is 8.05. The minimum Gasteiger partial charge on any atom is -0.342 e. The van der Waals surface area contributed by atoms with Gasteiger partial charge in [-0.1, -0.05) is 32.3 Å². The van der Waals surface area contributed by atoms with Gasteiger partial charge in [0.05, 0.1) is 0 Å². The number of nitrogens with zero attached hydrogens (tertiary/aromatic N) is 1. The molecule has 2 fully saturated rings. The highest BCUT2D eigenvalue weighted by Gasteiger charge is 2.42. The highest BCUT2D eigenvalue weighted by Crippen LogP contribution is 2.29. The summed E-state index contributed by atoms with van der Waals surface area (Å²) in [5.41, 5.74) is 0. The monoisotopic (exact) mass is 264 g/mol. The van der Waals surface area contributed by atoms with Crippen LogP contribution >= 0.6 is 0 Å². The average molecular weight is 264 g/mol. The van der Waals surface area contributed by atoms with Crippen molar-refractivity contribution < 1.29 is 9.59 Å². The third-order valence-electron chi connectivity index (χ3n) is 4.36. The summed E-state index contributed by atoms with van der Waals surface area (Å²) in [5, 5.41) is 2.96. The Morgan fingerprint density at radius 3 is 2.58 bits per heavy atom. The van der Waals surface area contributed by atoms with Crippen LogP contribution in [0, 0.1) is 5.92 Å². The van der Waals surface area contributed by atoms with Gasteiger partial charge in [-0.25, -0.2) is 0 Å². The summed E-state index contributed by atoms with van der Waals surface area (Å²) < 4.78 is 0. The van der Waals surface area contributed by atoms with Crippen molar-refractivity contribution in [3.05, 3.63) is 12.7 Å². The molecule has 2 aliphatic rings. The van der Waals surface area contributed by atoms with Crippen molar-refractivity contribution in [2.45, 2.75) is 57.5 Å². The maximum Gasteiger partial charge on any atom is 0.246 e. The van der Waals surface area contributed by atoms with E-state index in [2.05, 4.69) is 11.9 Å². The molecule has 0 radical (unpaired) electrons. The summed E-state index contributed by atoms with van der Waals surface area (Å²) >= 11 is 0. The second kappa shape index (κ2) is 6.22. The van der Waals surface area contributed by atoms with Crippen molar-refractivity contribution >= 4 is 11.8 Å². The van der Waals surface area contributed by atoms with Crippen LogP contribution in [0.4, 0.5) is 0 Å². The van der Waals surface area contributed by atoms with E-state index in [1.807, 2.05) is 6.92 Å². The number of rotatable bonds is 4. The Morgan fingerprint density at radius 2 is 2.00 bits per heavy atom. The van der Waals surface area contributed by atoms with Gasteiger partial charge in [-0.2, -0.15) is 0 Å². The van der Waals surface area contributed by atoms with E-state index in [4.69, 9.17) is 0 Å². The molecule has 1 N–H and O–H groups in total. The molecule has 0 bridgehead atoms. The van der Waals surface area contributed by atoms with Crippen LogP contribution in [-0.2, 0) is 9.59 Å². The number of nitrogens with one attached hydrogen (secondary N) is 1. The molecule has 1 saturated heterocycles. The SMILES string of the molecule is C=CCN1C(=O)C(C2CCCCC2)NC(=O)C1CC. The Bertz CT molecular complexity index is 361. The van der Waals surface area contributed by atoms with Crippen molar-refractivity contribution in [1.82, 2.24) is 10.2 Å². The molecule has 1 saturated carbocycles. The van der Waals surface area contributed by atoms with Crippen LogP contribution in [-0.4, -0.2) is 35.3 Å². The van der Waals surface area contributed by atoms with E-state index in [1.54, 1.807) is 11.0 Å². The van der Waals surface area contributed by atoms with Gasteiger partial charge in [0.15, 0.2) is 0 Å². The van der Waals surface area contributed by atoms with E-state index in [-0.39, 0.29) is 23.9 Å². The smallest absolute Gasteiger partial charge is 0.246 e. The van der Waals surface area contributed by atoms with E-state index in [1.165, 1.54) is 19.3 Å². The number of hydrogen-bond acceptors (Lipinski definition) is 2. The first-order valence-corrected chi connectivity index (χ1v) is 7.40. The van der Waals surface area contributed by atoms with Crippen LogP contribution in [0.1, 0.15) is 45.4 Å². The largest absolute Gasteiger partial charge is 0.342 e. The lowest BCUT2D eigenvalue weighted by Crippen LogP contribution is -2.65. The topological polar surface area (TPSA) is 49.4 Å². The number of piperazine rings is 1. The van der Waals surface area contributed by atoms with E-state index < -0.39 is 0 Å². The maximum absolute atomic E-state index is 12.6. The molecule has 1 aliphatic carbocycles. The fraction of sp³-hybridized carbons (Fsp3) is 0.733. The Balaban J connectivity index is 2.15. The summed E-state index contributed by atoms with van der Waals surface area (Å²) in [5.74, 6) is 0.396. The van der Waals surface area contributed by atoms with E-state index in [0.29, 0.717) is 18.9 Å². The lowest BCUT2D eigenvalue weighted by Gasteiger charge is -2.41. The normalized spacial score (nSPS) is 29.2. The fourth-order valence-corrected chi connectivity index (χ4v) is 3.33. The third-order valence-corrected chi connectivity index (χ3v) is 4.36. The van der Waals surface area contributed by atoms with Crippen molar-refractivity contribution in [3.8, 4) is 0 Å². The molecule has 1 aliphatic heterocycles. The second-order valence-corrected chi connectivity index (χ2v) is 5.59. The van der Waals surface area contributed by atoms with Gasteiger partial charge in [-0.15, -0.1) is 6.58 Å². The van der Waals surface area contributed by atoms with Gasteiger partial charge in [0, 0.05) is 6.54 Å². The summed E-state index contributed by atoms with van der Waals surface area (Å²) in [6, 6.07) is -0.638. The van der Waals surface area contributed by atoms with Gasteiger partial charge in [-0.05, 0) is 25.2 Å². The van der Waals surface area contributed by atoms with Crippen LogP contribution in [0.15, 0.2) is 12.7 Å². The molecule has 19 heavy (non-hydrogen) atoms. The molecule has 106 valence electrons. The van der Waals surface area contributed by atoms with Crippen LogP contribution < -0.4 is 5.32 Å². The van der Waals surface area contributed by atoms with Crippen molar-refractivity contribution in [2.75, 3.05) is 6.54 Å². The summed E-state index contributed by atoms with van der Waals surface area (Å²) in [7, 11) is 0. The first kappa shape index (κ1) is 14.1. The Morgan fingerprint density at radius 1 is 1.32 bits per heavy atom. The van der Waals surface area contributed by atoms with Crippen LogP contribution in [0.3, 0.4) is 0 Å². The van der Waals surface area contributed by atoms with Gasteiger partial charge >= 0.3 is 0 Å². The molecule has 2 atom stereocenters. The number of hydrogen-bond donors (Lipinski definition) is 1. The first-order chi connectivity index (χ1) is 9.19. The Kier molecular flexibility index (Phi) is 4.61. The second-order valence-electron chi connectivity index (χ2n) is 5.59. The van der Waals surface area contributed by atoms with Crippen molar-refractivity contribution in [3.63, 3.8) is 0 Å². The zero-order valence-electron chi connectivity index (χ0n) is 11.7.